The summed E-state index contributed by atoms with van der Waals surface area (Å²) in [6.07, 6.45) is 2.57. The van der Waals surface area contributed by atoms with Crippen molar-refractivity contribution in [1.82, 2.24) is 5.09 Å². The fourth-order valence-electron chi connectivity index (χ4n) is 2.91. The fraction of sp³-hybridized carbons (Fsp3) is 0.0909. The molecule has 0 radical (unpaired) electrons. The van der Waals surface area contributed by atoms with Gasteiger partial charge in [0.1, 0.15) is 0 Å². The molecular weight excluding hydrogens is 325 g/mol. The molecule has 0 spiro atoms. The van der Waals surface area contributed by atoms with Crippen molar-refractivity contribution in [2.45, 2.75) is 12.5 Å². The Kier molecular flexibility index (Phi) is 5.65. The van der Waals surface area contributed by atoms with Crippen LogP contribution in [0.3, 0.4) is 0 Å². The van der Waals surface area contributed by atoms with Crippen molar-refractivity contribution < 1.29 is 4.57 Å². The van der Waals surface area contributed by atoms with Gasteiger partial charge >= 0.3 is 0 Å². The van der Waals surface area contributed by atoms with Crippen molar-refractivity contribution in [2.75, 3.05) is 0 Å². The van der Waals surface area contributed by atoms with Crippen LogP contribution >= 0.6 is 7.29 Å². The quantitative estimate of drug-likeness (QED) is 0.490. The lowest BCUT2D eigenvalue weighted by atomic mass is 10.1. The summed E-state index contributed by atoms with van der Waals surface area (Å²) >= 11 is 0. The van der Waals surface area contributed by atoms with Gasteiger partial charge in [0.15, 0.2) is 0 Å². The number of benzene rings is 3. The molecule has 126 valence electrons. The van der Waals surface area contributed by atoms with Gasteiger partial charge in [0.25, 0.3) is 0 Å². The van der Waals surface area contributed by atoms with Gasteiger partial charge in [-0.05, 0) is 36.2 Å². The van der Waals surface area contributed by atoms with E-state index in [1.165, 1.54) is 0 Å². The van der Waals surface area contributed by atoms with Gasteiger partial charge in [0.05, 0.1) is 0 Å². The summed E-state index contributed by atoms with van der Waals surface area (Å²) in [5.74, 6) is 0. The lowest BCUT2D eigenvalue weighted by molar-refractivity contribution is 0.561. The number of rotatable bonds is 7. The van der Waals surface area contributed by atoms with Crippen LogP contribution in [0.1, 0.15) is 18.0 Å². The molecular formula is C22H22NOP. The largest absolute Gasteiger partial charge is 0.297 e. The summed E-state index contributed by atoms with van der Waals surface area (Å²) in [5, 5.41) is 5.09. The Balaban J connectivity index is 2.06. The lowest BCUT2D eigenvalue weighted by Gasteiger charge is -2.27. The molecule has 1 unspecified atom stereocenters. The molecule has 3 heteroatoms. The first-order chi connectivity index (χ1) is 12.2. The highest BCUT2D eigenvalue weighted by Crippen LogP contribution is 2.42. The van der Waals surface area contributed by atoms with Gasteiger partial charge in [-0.15, -0.1) is 6.58 Å². The first kappa shape index (κ1) is 17.4. The number of hydrogen-bond donors (Lipinski definition) is 1. The molecule has 0 saturated carbocycles. The van der Waals surface area contributed by atoms with E-state index in [0.717, 1.165) is 16.2 Å². The summed E-state index contributed by atoms with van der Waals surface area (Å²) in [7, 11) is -2.97. The maximum Gasteiger partial charge on any atom is 0.205 e. The molecule has 0 amide bonds. The van der Waals surface area contributed by atoms with Gasteiger partial charge in [-0.2, -0.15) is 0 Å². The average Bonchev–Trinajstić information content (AvgIpc) is 2.69. The zero-order valence-electron chi connectivity index (χ0n) is 14.1. The summed E-state index contributed by atoms with van der Waals surface area (Å²) < 4.78 is 14.1. The third kappa shape index (κ3) is 3.99. The number of hydrogen-bond acceptors (Lipinski definition) is 1. The van der Waals surface area contributed by atoms with E-state index in [0.29, 0.717) is 6.42 Å². The highest BCUT2D eigenvalue weighted by atomic mass is 31.2. The molecule has 0 aliphatic heterocycles. The minimum Gasteiger partial charge on any atom is -0.297 e. The Bertz CT molecular complexity index is 803. The minimum absolute atomic E-state index is 0.0649. The molecule has 0 fully saturated rings. The monoisotopic (exact) mass is 347 g/mol. The van der Waals surface area contributed by atoms with Crippen molar-refractivity contribution >= 4 is 17.9 Å². The summed E-state index contributed by atoms with van der Waals surface area (Å²) in [5.41, 5.74) is 1.11. The van der Waals surface area contributed by atoms with Gasteiger partial charge in [-0.1, -0.05) is 72.8 Å². The Labute approximate surface area is 149 Å². The highest BCUT2D eigenvalue weighted by molar-refractivity contribution is 7.76. The standard InChI is InChI=1S/C22H22NOP/c1-2-12-22(19-13-6-3-7-14-19)23-25(24,20-15-8-4-9-16-20)21-17-10-5-11-18-21/h2-11,13-18,22H,1,12H2,(H,23,24). The molecule has 0 heterocycles. The van der Waals surface area contributed by atoms with Crippen molar-refractivity contribution in [1.29, 1.82) is 0 Å². The van der Waals surface area contributed by atoms with E-state index < -0.39 is 7.29 Å². The normalized spacial score (nSPS) is 12.5. The molecule has 1 N–H and O–H groups in total. The van der Waals surface area contributed by atoms with Crippen molar-refractivity contribution in [3.63, 3.8) is 0 Å². The third-order valence-electron chi connectivity index (χ3n) is 4.18. The highest BCUT2D eigenvalue weighted by Gasteiger charge is 2.30. The summed E-state index contributed by atoms with van der Waals surface area (Å²) in [4.78, 5) is 0. The van der Waals surface area contributed by atoms with Crippen LogP contribution in [0.5, 0.6) is 0 Å². The predicted molar refractivity (Wildman–Crippen MR) is 107 cm³/mol. The summed E-state index contributed by atoms with van der Waals surface area (Å²) in [6, 6.07) is 29.3. The molecule has 2 nitrogen and oxygen atoms in total. The van der Waals surface area contributed by atoms with E-state index >= 15 is 0 Å². The fourth-order valence-corrected chi connectivity index (χ4v) is 5.38. The van der Waals surface area contributed by atoms with E-state index in [4.69, 9.17) is 0 Å². The molecule has 3 aromatic rings. The Morgan fingerprint density at radius 2 is 1.24 bits per heavy atom. The second kappa shape index (κ2) is 8.11. The SMILES string of the molecule is C=CCC(NP(=O)(c1ccccc1)c1ccccc1)c1ccccc1. The molecule has 0 bridgehead atoms. The van der Waals surface area contributed by atoms with Gasteiger partial charge in [-0.25, -0.2) is 0 Å². The van der Waals surface area contributed by atoms with Crippen LogP contribution in [0.15, 0.2) is 104 Å². The maximum absolute atomic E-state index is 14.1. The summed E-state index contributed by atoms with van der Waals surface area (Å²) in [6.45, 7) is 3.87. The molecule has 3 aromatic carbocycles. The third-order valence-corrected chi connectivity index (χ3v) is 6.91. The lowest BCUT2D eigenvalue weighted by Crippen LogP contribution is -2.30. The second-order valence-corrected chi connectivity index (χ2v) is 8.41. The topological polar surface area (TPSA) is 29.1 Å². The zero-order valence-corrected chi connectivity index (χ0v) is 15.0. The molecule has 0 aliphatic carbocycles. The van der Waals surface area contributed by atoms with E-state index in [1.807, 2.05) is 84.9 Å². The van der Waals surface area contributed by atoms with Crippen LogP contribution in [-0.4, -0.2) is 0 Å². The predicted octanol–water partition coefficient (Wildman–Crippen LogP) is 4.82. The van der Waals surface area contributed by atoms with Crippen molar-refractivity contribution in [3.8, 4) is 0 Å². The van der Waals surface area contributed by atoms with E-state index in [1.54, 1.807) is 0 Å². The Morgan fingerprint density at radius 1 is 0.800 bits per heavy atom. The average molecular weight is 347 g/mol. The van der Waals surface area contributed by atoms with E-state index in [9.17, 15) is 4.57 Å². The Morgan fingerprint density at radius 3 is 1.68 bits per heavy atom. The number of nitrogens with one attached hydrogen (secondary N) is 1. The van der Waals surface area contributed by atoms with Gasteiger partial charge < -0.3 is 0 Å². The maximum atomic E-state index is 14.1. The smallest absolute Gasteiger partial charge is 0.205 e. The molecule has 25 heavy (non-hydrogen) atoms. The Hall–Kier alpha value is -2.41. The van der Waals surface area contributed by atoms with Crippen LogP contribution in [0, 0.1) is 0 Å². The van der Waals surface area contributed by atoms with Gasteiger partial charge in [-0.3, -0.25) is 9.65 Å². The molecule has 1 atom stereocenters. The molecule has 0 aromatic heterocycles. The van der Waals surface area contributed by atoms with Crippen LogP contribution < -0.4 is 15.7 Å². The van der Waals surface area contributed by atoms with Crippen LogP contribution in [0.2, 0.25) is 0 Å². The molecule has 0 aliphatic rings. The second-order valence-electron chi connectivity index (χ2n) is 5.90. The van der Waals surface area contributed by atoms with Crippen LogP contribution in [0.4, 0.5) is 0 Å². The van der Waals surface area contributed by atoms with E-state index in [2.05, 4.69) is 23.8 Å². The van der Waals surface area contributed by atoms with Crippen molar-refractivity contribution in [2.24, 2.45) is 0 Å². The minimum atomic E-state index is -2.97. The van der Waals surface area contributed by atoms with E-state index in [-0.39, 0.29) is 6.04 Å². The van der Waals surface area contributed by atoms with Gasteiger partial charge in [0, 0.05) is 16.7 Å². The van der Waals surface area contributed by atoms with Crippen LogP contribution in [-0.2, 0) is 4.57 Å². The van der Waals surface area contributed by atoms with Crippen molar-refractivity contribution in [3.05, 3.63) is 109 Å². The zero-order chi connectivity index (χ0) is 17.5. The van der Waals surface area contributed by atoms with Crippen LogP contribution in [0.25, 0.3) is 0 Å². The first-order valence-electron chi connectivity index (χ1n) is 8.39. The molecule has 3 rings (SSSR count). The molecule has 0 saturated heterocycles. The first-order valence-corrected chi connectivity index (χ1v) is 10.1. The van der Waals surface area contributed by atoms with Gasteiger partial charge in [0.2, 0.25) is 7.29 Å².